The lowest BCUT2D eigenvalue weighted by Gasteiger charge is -2.28. The van der Waals surface area contributed by atoms with Crippen molar-refractivity contribution in [3.8, 4) is 40.2 Å². The summed E-state index contributed by atoms with van der Waals surface area (Å²) < 4.78 is 39.8. The normalized spacial score (nSPS) is 16.3. The fourth-order valence-corrected chi connectivity index (χ4v) is 5.76. The van der Waals surface area contributed by atoms with Crippen molar-refractivity contribution in [2.24, 2.45) is 5.16 Å². The number of nitrogens with one attached hydrogen (secondary N) is 2. The molecule has 0 fully saturated rings. The van der Waals surface area contributed by atoms with Gasteiger partial charge in [-0.05, 0) is 59.7 Å². The van der Waals surface area contributed by atoms with Crippen LogP contribution in [0, 0.1) is 0 Å². The van der Waals surface area contributed by atoms with E-state index in [1.54, 1.807) is 41.6 Å². The number of methoxy groups -OCH3 is 5. The minimum atomic E-state index is -0.397. The van der Waals surface area contributed by atoms with Crippen LogP contribution in [-0.4, -0.2) is 60.4 Å². The zero-order valence-corrected chi connectivity index (χ0v) is 28.0. The molecule has 4 aromatic rings. The number of rotatable bonds is 14. The van der Waals surface area contributed by atoms with Gasteiger partial charge in [-0.15, -0.1) is 0 Å². The molecule has 0 aliphatic carbocycles. The Morgan fingerprint density at radius 1 is 0.694 bits per heavy atom. The number of para-hydroxylation sites is 1. The molecule has 2 N–H and O–H groups in total. The van der Waals surface area contributed by atoms with Gasteiger partial charge in [0.1, 0.15) is 6.17 Å². The third kappa shape index (κ3) is 7.08. The maximum atomic E-state index is 12.6. The second-order valence-electron chi connectivity index (χ2n) is 11.2. The van der Waals surface area contributed by atoms with Crippen molar-refractivity contribution in [2.75, 3.05) is 54.1 Å². The molecule has 2 atom stereocenters. The smallest absolute Gasteiger partial charge is 0.255 e. The lowest BCUT2D eigenvalue weighted by atomic mass is 9.99. The third-order valence-corrected chi connectivity index (χ3v) is 8.30. The second-order valence-corrected chi connectivity index (χ2v) is 11.2. The molecule has 0 spiro atoms. The van der Waals surface area contributed by atoms with Crippen molar-refractivity contribution in [3.05, 3.63) is 95.1 Å². The van der Waals surface area contributed by atoms with E-state index < -0.39 is 6.17 Å². The first kappa shape index (κ1) is 33.1. The van der Waals surface area contributed by atoms with Crippen molar-refractivity contribution >= 4 is 17.3 Å². The van der Waals surface area contributed by atoms with Gasteiger partial charge in [0.25, 0.3) is 5.91 Å². The lowest BCUT2D eigenvalue weighted by Crippen LogP contribution is -2.38. The second kappa shape index (κ2) is 15.0. The molecule has 2 unspecified atom stereocenters. The number of hydrogen-bond acceptors (Lipinski definition) is 11. The monoisotopic (exact) mass is 669 g/mol. The van der Waals surface area contributed by atoms with Crippen LogP contribution in [0.2, 0.25) is 0 Å². The molecule has 0 aromatic heterocycles. The molecule has 6 rings (SSSR count). The highest BCUT2D eigenvalue weighted by molar-refractivity contribution is 6.02. The first-order chi connectivity index (χ1) is 24.0. The number of ether oxygens (including phenoxy) is 7. The molecule has 12 nitrogen and oxygen atoms in total. The van der Waals surface area contributed by atoms with Gasteiger partial charge in [0.15, 0.2) is 40.6 Å². The molecule has 0 radical (unpaired) electrons. The van der Waals surface area contributed by atoms with Crippen LogP contribution in [0.25, 0.3) is 0 Å². The Morgan fingerprint density at radius 2 is 1.35 bits per heavy atom. The van der Waals surface area contributed by atoms with Crippen LogP contribution < -0.4 is 43.8 Å². The highest BCUT2D eigenvalue weighted by Gasteiger charge is 2.28. The Labute approximate surface area is 284 Å². The summed E-state index contributed by atoms with van der Waals surface area (Å²) in [6.07, 6.45) is 0.429. The topological polar surface area (TPSA) is 127 Å². The van der Waals surface area contributed by atoms with Crippen molar-refractivity contribution in [3.63, 3.8) is 0 Å². The Balaban J connectivity index is 1.04. The summed E-state index contributed by atoms with van der Waals surface area (Å²) in [4.78, 5) is 18.4. The first-order valence-electron chi connectivity index (χ1n) is 15.8. The quantitative estimate of drug-likeness (QED) is 0.148. The molecule has 12 heteroatoms. The fraction of sp³-hybridized carbons (Fsp3) is 0.297. The zero-order valence-electron chi connectivity index (χ0n) is 28.0. The number of amides is 1. The molecule has 2 heterocycles. The van der Waals surface area contributed by atoms with Crippen LogP contribution in [0.4, 0.5) is 5.69 Å². The third-order valence-electron chi connectivity index (χ3n) is 8.30. The number of nitrogens with zero attached hydrogens (tertiary/aromatic N) is 1. The number of benzene rings is 4. The largest absolute Gasteiger partial charge is 0.493 e. The van der Waals surface area contributed by atoms with Gasteiger partial charge in [-0.1, -0.05) is 29.4 Å². The van der Waals surface area contributed by atoms with Crippen LogP contribution in [0.5, 0.6) is 40.2 Å². The average molecular weight is 670 g/mol. The summed E-state index contributed by atoms with van der Waals surface area (Å²) in [5.41, 5.74) is 4.71. The lowest BCUT2D eigenvalue weighted by molar-refractivity contribution is 0.0854. The summed E-state index contributed by atoms with van der Waals surface area (Å²) in [7, 11) is 7.91. The number of anilines is 1. The summed E-state index contributed by atoms with van der Waals surface area (Å²) >= 11 is 0. The molecular weight excluding hydrogens is 630 g/mol. The molecule has 0 saturated carbocycles. The van der Waals surface area contributed by atoms with Crippen LogP contribution in [0.1, 0.15) is 52.2 Å². The Bertz CT molecular complexity index is 1820. The molecule has 2 aliphatic rings. The summed E-state index contributed by atoms with van der Waals surface area (Å²) in [6, 6.07) is 22.4. The highest BCUT2D eigenvalue weighted by atomic mass is 16.6. The van der Waals surface area contributed by atoms with Gasteiger partial charge in [-0.25, -0.2) is 0 Å². The van der Waals surface area contributed by atoms with E-state index >= 15 is 0 Å². The molecule has 49 heavy (non-hydrogen) atoms. The first-order valence-corrected chi connectivity index (χ1v) is 15.8. The molecular formula is C37H39N3O9. The predicted molar refractivity (Wildman–Crippen MR) is 183 cm³/mol. The minimum Gasteiger partial charge on any atom is -0.493 e. The van der Waals surface area contributed by atoms with Gasteiger partial charge in [-0.2, -0.15) is 0 Å². The van der Waals surface area contributed by atoms with Crippen LogP contribution in [0.3, 0.4) is 0 Å². The fourth-order valence-electron chi connectivity index (χ4n) is 5.76. The molecule has 256 valence electrons. The molecule has 2 aliphatic heterocycles. The number of carbonyl (C=O) groups excluding carboxylic acids is 1. The summed E-state index contributed by atoms with van der Waals surface area (Å²) in [5.74, 6) is 3.82. The van der Waals surface area contributed by atoms with Crippen LogP contribution >= 0.6 is 0 Å². The van der Waals surface area contributed by atoms with Gasteiger partial charge in [0, 0.05) is 24.1 Å². The molecule has 0 saturated heterocycles. The molecule has 0 bridgehead atoms. The van der Waals surface area contributed by atoms with E-state index in [2.05, 4.69) is 15.8 Å². The van der Waals surface area contributed by atoms with E-state index in [0.717, 1.165) is 28.1 Å². The van der Waals surface area contributed by atoms with Crippen LogP contribution in [-0.2, 0) is 4.84 Å². The number of carbonyl (C=O) groups is 1. The maximum Gasteiger partial charge on any atom is 0.255 e. The van der Waals surface area contributed by atoms with Crippen LogP contribution in [0.15, 0.2) is 78.0 Å². The highest BCUT2D eigenvalue weighted by Crippen LogP contribution is 2.41. The van der Waals surface area contributed by atoms with E-state index in [9.17, 15) is 4.79 Å². The predicted octanol–water partition coefficient (Wildman–Crippen LogP) is 6.30. The van der Waals surface area contributed by atoms with E-state index in [4.69, 9.17) is 38.0 Å². The Morgan fingerprint density at radius 3 is 2.06 bits per heavy atom. The zero-order chi connectivity index (χ0) is 34.3. The van der Waals surface area contributed by atoms with E-state index in [1.165, 1.54) is 0 Å². The van der Waals surface area contributed by atoms with Gasteiger partial charge in [0.2, 0.25) is 5.75 Å². The maximum absolute atomic E-state index is 12.6. The van der Waals surface area contributed by atoms with Gasteiger partial charge in [0.05, 0.1) is 60.0 Å². The molecule has 1 amide bonds. The van der Waals surface area contributed by atoms with E-state index in [0.29, 0.717) is 71.9 Å². The standard InChI is InChI=1S/C37H39N3O9/c1-42-28-13-11-22(30-21-27(40-49-30)24-19-33(44-3)35(46-5)34(20-24)45-4)17-32(28)48-16-8-15-47-29-14-12-23(18-31(29)43-2)36-38-26-10-7-6-9-25(26)37(41)39-36/h6-7,9-14,17-20,30,36,38H,8,15-16,21H2,1-5H3,(H,39,41). The van der Waals surface area contributed by atoms with Crippen molar-refractivity contribution in [2.45, 2.75) is 25.1 Å². The number of oxime groups is 1. The van der Waals surface area contributed by atoms with Crippen molar-refractivity contribution in [1.82, 2.24) is 5.32 Å². The minimum absolute atomic E-state index is 0.134. The van der Waals surface area contributed by atoms with Gasteiger partial charge >= 0.3 is 0 Å². The van der Waals surface area contributed by atoms with Gasteiger partial charge in [-0.3, -0.25) is 4.79 Å². The van der Waals surface area contributed by atoms with E-state index in [-0.39, 0.29) is 12.0 Å². The van der Waals surface area contributed by atoms with Crippen molar-refractivity contribution < 1.29 is 42.8 Å². The molecule has 4 aromatic carbocycles. The van der Waals surface area contributed by atoms with Gasteiger partial charge < -0.3 is 48.6 Å². The summed E-state index contributed by atoms with van der Waals surface area (Å²) in [6.45, 7) is 0.775. The number of hydrogen-bond donors (Lipinski definition) is 2. The van der Waals surface area contributed by atoms with Crippen molar-refractivity contribution in [1.29, 1.82) is 0 Å². The summed E-state index contributed by atoms with van der Waals surface area (Å²) in [5, 5.41) is 10.7. The Hall–Kier alpha value is -5.78. The number of fused-ring (bicyclic) bond motifs is 1. The average Bonchev–Trinajstić information content (AvgIpc) is 3.64. The Kier molecular flexibility index (Phi) is 10.1. The van der Waals surface area contributed by atoms with E-state index in [1.807, 2.05) is 66.7 Å². The SMILES string of the molecule is COc1cc(C2NC(=O)c3ccccc3N2)ccc1OCCCOc1cc(C2CC(c3cc(OC)c(OC)c(OC)c3)=NO2)ccc1OC.